The minimum Gasteiger partial charge on any atom is -0.364 e. The molecule has 3 N–H and O–H groups in total. The van der Waals surface area contributed by atoms with Gasteiger partial charge in [-0.25, -0.2) is 0 Å². The summed E-state index contributed by atoms with van der Waals surface area (Å²) in [5.74, 6) is -0.184. The van der Waals surface area contributed by atoms with Crippen LogP contribution in [0.15, 0.2) is 0 Å². The number of carbonyl (C=O) groups excluding carboxylic acids is 1. The number of primary amides is 1. The van der Waals surface area contributed by atoms with Crippen molar-refractivity contribution in [2.24, 2.45) is 5.73 Å². The molecular formula is C9H15N3O. The zero-order valence-corrected chi connectivity index (χ0v) is 8.22. The monoisotopic (exact) mass is 181 g/mol. The number of H-pyrrole nitrogens is 1. The van der Waals surface area contributed by atoms with Gasteiger partial charge in [0.15, 0.2) is 5.69 Å². The number of nitrogens with zero attached hydrogens (tertiary/aromatic N) is 1. The van der Waals surface area contributed by atoms with Gasteiger partial charge in [-0.3, -0.25) is 9.89 Å². The van der Waals surface area contributed by atoms with Gasteiger partial charge in [-0.1, -0.05) is 20.8 Å². The van der Waals surface area contributed by atoms with Gasteiger partial charge >= 0.3 is 0 Å². The highest BCUT2D eigenvalue weighted by atomic mass is 16.1. The van der Waals surface area contributed by atoms with Gasteiger partial charge < -0.3 is 5.73 Å². The average molecular weight is 181 g/mol. The first kappa shape index (κ1) is 9.77. The second kappa shape index (κ2) is 3.60. The predicted molar refractivity (Wildman–Crippen MR) is 50.6 cm³/mol. The number of hydrogen-bond donors (Lipinski definition) is 2. The molecule has 13 heavy (non-hydrogen) atoms. The molecule has 0 saturated heterocycles. The molecule has 72 valence electrons. The van der Waals surface area contributed by atoms with E-state index in [4.69, 9.17) is 5.73 Å². The topological polar surface area (TPSA) is 71.8 Å². The van der Waals surface area contributed by atoms with Crippen LogP contribution in [-0.2, 0) is 6.42 Å². The van der Waals surface area contributed by atoms with Crippen LogP contribution in [0.3, 0.4) is 0 Å². The summed E-state index contributed by atoms with van der Waals surface area (Å²) in [4.78, 5) is 11.0. The molecule has 0 saturated carbocycles. The predicted octanol–water partition coefficient (Wildman–Crippen LogP) is 1.19. The highest BCUT2D eigenvalue weighted by molar-refractivity contribution is 5.92. The summed E-state index contributed by atoms with van der Waals surface area (Å²) in [6, 6.07) is 0. The molecule has 1 heterocycles. The molecule has 4 nitrogen and oxygen atoms in total. The molecule has 0 aliphatic carbocycles. The van der Waals surface area contributed by atoms with Crippen LogP contribution in [0.1, 0.15) is 48.4 Å². The van der Waals surface area contributed by atoms with Gasteiger partial charge in [-0.15, -0.1) is 0 Å². The molecule has 0 bridgehead atoms. The van der Waals surface area contributed by atoms with E-state index in [9.17, 15) is 4.79 Å². The Hall–Kier alpha value is -1.32. The van der Waals surface area contributed by atoms with Crippen molar-refractivity contribution in [1.82, 2.24) is 10.2 Å². The van der Waals surface area contributed by atoms with Crippen LogP contribution in [0.4, 0.5) is 0 Å². The van der Waals surface area contributed by atoms with Gasteiger partial charge in [-0.05, 0) is 12.3 Å². The molecular weight excluding hydrogens is 166 g/mol. The van der Waals surface area contributed by atoms with E-state index < -0.39 is 5.91 Å². The highest BCUT2D eigenvalue weighted by Crippen LogP contribution is 2.21. The van der Waals surface area contributed by atoms with Crippen molar-refractivity contribution in [3.63, 3.8) is 0 Å². The first-order valence-corrected chi connectivity index (χ1v) is 4.44. The van der Waals surface area contributed by atoms with Gasteiger partial charge in [0, 0.05) is 11.3 Å². The second-order valence-corrected chi connectivity index (χ2v) is 3.34. The number of aromatic amines is 1. The van der Waals surface area contributed by atoms with Crippen LogP contribution < -0.4 is 5.73 Å². The Morgan fingerprint density at radius 1 is 1.62 bits per heavy atom. The lowest BCUT2D eigenvalue weighted by Crippen LogP contribution is -2.14. The molecule has 0 aromatic carbocycles. The number of nitrogens with two attached hydrogens (primary N) is 1. The van der Waals surface area contributed by atoms with E-state index in [1.165, 1.54) is 0 Å². The van der Waals surface area contributed by atoms with E-state index in [1.807, 2.05) is 20.8 Å². The third kappa shape index (κ3) is 1.71. The number of aryl methyl sites for hydroxylation is 1. The molecule has 0 unspecified atom stereocenters. The van der Waals surface area contributed by atoms with Gasteiger partial charge in [0.25, 0.3) is 5.91 Å². The van der Waals surface area contributed by atoms with Crippen molar-refractivity contribution in [3.05, 3.63) is 17.0 Å². The molecule has 4 heteroatoms. The van der Waals surface area contributed by atoms with Crippen LogP contribution >= 0.6 is 0 Å². The molecule has 0 radical (unpaired) electrons. The van der Waals surface area contributed by atoms with E-state index in [-0.39, 0.29) is 5.92 Å². The Morgan fingerprint density at radius 2 is 2.23 bits per heavy atom. The fourth-order valence-corrected chi connectivity index (χ4v) is 1.47. The summed E-state index contributed by atoms with van der Waals surface area (Å²) in [6.45, 7) is 6.07. The number of aromatic nitrogens is 2. The van der Waals surface area contributed by atoms with E-state index >= 15 is 0 Å². The SMILES string of the molecule is CCc1[nH]nc(C(N)=O)c1C(C)C. The van der Waals surface area contributed by atoms with Crippen molar-refractivity contribution >= 4 is 5.91 Å². The van der Waals surface area contributed by atoms with Crippen LogP contribution in [0.2, 0.25) is 0 Å². The van der Waals surface area contributed by atoms with Gasteiger partial charge in [0.1, 0.15) is 0 Å². The van der Waals surface area contributed by atoms with Crippen molar-refractivity contribution in [1.29, 1.82) is 0 Å². The van der Waals surface area contributed by atoms with E-state index in [2.05, 4.69) is 10.2 Å². The zero-order valence-electron chi connectivity index (χ0n) is 8.22. The molecule has 0 aliphatic heterocycles. The smallest absolute Gasteiger partial charge is 0.269 e. The van der Waals surface area contributed by atoms with Crippen LogP contribution in [0, 0.1) is 0 Å². The summed E-state index contributed by atoms with van der Waals surface area (Å²) >= 11 is 0. The largest absolute Gasteiger partial charge is 0.364 e. The van der Waals surface area contributed by atoms with E-state index in [0.717, 1.165) is 17.7 Å². The molecule has 1 aromatic rings. The normalized spacial score (nSPS) is 10.8. The Bertz CT molecular complexity index is 315. The number of rotatable bonds is 3. The number of hydrogen-bond acceptors (Lipinski definition) is 2. The lowest BCUT2D eigenvalue weighted by Gasteiger charge is -2.05. The van der Waals surface area contributed by atoms with Crippen molar-refractivity contribution in [3.8, 4) is 0 Å². The number of nitrogens with one attached hydrogen (secondary N) is 1. The summed E-state index contributed by atoms with van der Waals surface area (Å²) in [6.07, 6.45) is 0.841. The number of carbonyl (C=O) groups is 1. The van der Waals surface area contributed by atoms with Gasteiger partial charge in [0.05, 0.1) is 0 Å². The lowest BCUT2D eigenvalue weighted by atomic mass is 9.99. The zero-order chi connectivity index (χ0) is 10.0. The van der Waals surface area contributed by atoms with Crippen molar-refractivity contribution in [2.45, 2.75) is 33.1 Å². The first-order chi connectivity index (χ1) is 6.07. The third-order valence-corrected chi connectivity index (χ3v) is 2.05. The first-order valence-electron chi connectivity index (χ1n) is 4.44. The number of amides is 1. The van der Waals surface area contributed by atoms with Crippen molar-refractivity contribution in [2.75, 3.05) is 0 Å². The minimum absolute atomic E-state index is 0.274. The summed E-state index contributed by atoms with van der Waals surface area (Å²) in [7, 11) is 0. The minimum atomic E-state index is -0.459. The van der Waals surface area contributed by atoms with Crippen molar-refractivity contribution < 1.29 is 4.79 Å². The Labute approximate surface area is 77.5 Å². The Balaban J connectivity index is 3.22. The Kier molecular flexibility index (Phi) is 2.70. The average Bonchev–Trinajstić information content (AvgIpc) is 2.46. The second-order valence-electron chi connectivity index (χ2n) is 3.34. The highest BCUT2D eigenvalue weighted by Gasteiger charge is 2.18. The molecule has 1 amide bonds. The van der Waals surface area contributed by atoms with Gasteiger partial charge in [0.2, 0.25) is 0 Å². The fraction of sp³-hybridized carbons (Fsp3) is 0.556. The third-order valence-electron chi connectivity index (χ3n) is 2.05. The summed E-state index contributed by atoms with van der Waals surface area (Å²) in [5, 5.41) is 6.74. The molecule has 1 rings (SSSR count). The lowest BCUT2D eigenvalue weighted by molar-refractivity contribution is 0.0994. The van der Waals surface area contributed by atoms with E-state index in [0.29, 0.717) is 5.69 Å². The van der Waals surface area contributed by atoms with Crippen LogP contribution in [0.25, 0.3) is 0 Å². The van der Waals surface area contributed by atoms with Crippen LogP contribution in [-0.4, -0.2) is 16.1 Å². The summed E-state index contributed by atoms with van der Waals surface area (Å²) < 4.78 is 0. The standard InChI is InChI=1S/C9H15N3O/c1-4-6-7(5(2)3)8(9(10)13)12-11-6/h5H,4H2,1-3H3,(H2,10,13)(H,11,12). The Morgan fingerprint density at radius 3 is 2.62 bits per heavy atom. The van der Waals surface area contributed by atoms with Gasteiger partial charge in [-0.2, -0.15) is 5.10 Å². The molecule has 1 aromatic heterocycles. The molecule has 0 spiro atoms. The maximum absolute atomic E-state index is 11.0. The molecule has 0 atom stereocenters. The summed E-state index contributed by atoms with van der Waals surface area (Å²) in [5.41, 5.74) is 7.54. The maximum atomic E-state index is 11.0. The fourth-order valence-electron chi connectivity index (χ4n) is 1.47. The quantitative estimate of drug-likeness (QED) is 0.735. The van der Waals surface area contributed by atoms with Crippen LogP contribution in [0.5, 0.6) is 0 Å². The maximum Gasteiger partial charge on any atom is 0.269 e. The molecule has 0 fully saturated rings. The van der Waals surface area contributed by atoms with E-state index in [1.54, 1.807) is 0 Å². The molecule has 0 aliphatic rings.